The summed E-state index contributed by atoms with van der Waals surface area (Å²) < 4.78 is 0. The summed E-state index contributed by atoms with van der Waals surface area (Å²) in [4.78, 5) is 0. The number of hydrogen-bond donors (Lipinski definition) is 3. The summed E-state index contributed by atoms with van der Waals surface area (Å²) in [5.74, 6) is 2.13. The minimum absolute atomic E-state index is 0.0136. The molecule has 3 fully saturated rings. The van der Waals surface area contributed by atoms with Crippen molar-refractivity contribution in [3.8, 4) is 0 Å². The fourth-order valence-corrected chi connectivity index (χ4v) is 6.08. The van der Waals surface area contributed by atoms with Gasteiger partial charge in [-0.3, -0.25) is 0 Å². The lowest BCUT2D eigenvalue weighted by Gasteiger charge is -2.43. The summed E-state index contributed by atoms with van der Waals surface area (Å²) in [6.45, 7) is 4.28. The minimum Gasteiger partial charge on any atom is -0.393 e. The van der Waals surface area contributed by atoms with Crippen molar-refractivity contribution in [3.05, 3.63) is 11.6 Å². The molecule has 0 aromatic rings. The molecule has 2 saturated carbocycles. The number of rotatable bonds is 0. The first kappa shape index (κ1) is 12.4. The Morgan fingerprint density at radius 2 is 2.21 bits per heavy atom. The van der Waals surface area contributed by atoms with Crippen LogP contribution in [0, 0.1) is 29.1 Å². The van der Waals surface area contributed by atoms with Crippen molar-refractivity contribution in [3.63, 3.8) is 0 Å². The zero-order chi connectivity index (χ0) is 13.2. The second-order valence-electron chi connectivity index (χ2n) is 7.42. The third-order valence-corrected chi connectivity index (χ3v) is 6.63. The first-order valence-corrected chi connectivity index (χ1v) is 7.87. The Kier molecular flexibility index (Phi) is 2.64. The van der Waals surface area contributed by atoms with E-state index in [1.54, 1.807) is 0 Å². The third kappa shape index (κ3) is 1.50. The largest absolute Gasteiger partial charge is 0.393 e. The van der Waals surface area contributed by atoms with Crippen LogP contribution in [0.15, 0.2) is 11.6 Å². The molecule has 1 aliphatic heterocycles. The maximum atomic E-state index is 10.8. The molecule has 3 heteroatoms. The monoisotopic (exact) mass is 263 g/mol. The van der Waals surface area contributed by atoms with Crippen LogP contribution in [0.4, 0.5) is 0 Å². The molecule has 0 amide bonds. The van der Waals surface area contributed by atoms with Gasteiger partial charge in [-0.2, -0.15) is 0 Å². The van der Waals surface area contributed by atoms with E-state index >= 15 is 0 Å². The zero-order valence-corrected chi connectivity index (χ0v) is 11.7. The normalized spacial score (nSPS) is 56.3. The Bertz CT molecular complexity index is 421. The molecule has 1 saturated heterocycles. The number of aliphatic hydroxyl groups is 2. The highest BCUT2D eigenvalue weighted by molar-refractivity contribution is 5.24. The SMILES string of the molecule is CC1=CC(O)[C@]23C[C@@H]4CNCC[C@@H]4[C@H]2C(O)C[C@@H]3C1. The molecular weight excluding hydrogens is 238 g/mol. The molecule has 0 aromatic heterocycles. The van der Waals surface area contributed by atoms with E-state index in [2.05, 4.69) is 18.3 Å². The Hall–Kier alpha value is -0.380. The van der Waals surface area contributed by atoms with Gasteiger partial charge in [0.1, 0.15) is 0 Å². The molecule has 19 heavy (non-hydrogen) atoms. The average Bonchev–Trinajstić information content (AvgIpc) is 2.84. The van der Waals surface area contributed by atoms with E-state index in [-0.39, 0.29) is 17.6 Å². The van der Waals surface area contributed by atoms with Crippen LogP contribution in [-0.2, 0) is 0 Å². The fraction of sp³-hybridized carbons (Fsp3) is 0.875. The Morgan fingerprint density at radius 3 is 3.05 bits per heavy atom. The molecule has 4 rings (SSSR count). The van der Waals surface area contributed by atoms with Gasteiger partial charge in [0.15, 0.2) is 0 Å². The number of allylic oxidation sites excluding steroid dienone is 1. The zero-order valence-electron chi connectivity index (χ0n) is 11.7. The van der Waals surface area contributed by atoms with E-state index in [0.29, 0.717) is 23.7 Å². The van der Waals surface area contributed by atoms with Crippen molar-refractivity contribution in [1.82, 2.24) is 5.32 Å². The van der Waals surface area contributed by atoms with Gasteiger partial charge >= 0.3 is 0 Å². The minimum atomic E-state index is -0.334. The van der Waals surface area contributed by atoms with Crippen molar-refractivity contribution in [2.75, 3.05) is 13.1 Å². The van der Waals surface area contributed by atoms with E-state index in [1.165, 1.54) is 12.0 Å². The van der Waals surface area contributed by atoms with Gasteiger partial charge in [0.25, 0.3) is 0 Å². The van der Waals surface area contributed by atoms with Gasteiger partial charge in [0.05, 0.1) is 12.2 Å². The lowest BCUT2D eigenvalue weighted by Crippen LogP contribution is -2.44. The highest BCUT2D eigenvalue weighted by Gasteiger charge is 2.66. The van der Waals surface area contributed by atoms with E-state index in [4.69, 9.17) is 0 Å². The van der Waals surface area contributed by atoms with E-state index in [9.17, 15) is 10.2 Å². The van der Waals surface area contributed by atoms with Gasteiger partial charge < -0.3 is 15.5 Å². The highest BCUT2D eigenvalue weighted by Crippen LogP contribution is 2.66. The van der Waals surface area contributed by atoms with Gasteiger partial charge in [-0.05, 0) is 69.4 Å². The molecule has 2 unspecified atom stereocenters. The van der Waals surface area contributed by atoms with Crippen LogP contribution >= 0.6 is 0 Å². The number of aliphatic hydroxyl groups excluding tert-OH is 2. The molecule has 7 atom stereocenters. The average molecular weight is 263 g/mol. The van der Waals surface area contributed by atoms with Gasteiger partial charge in [0, 0.05) is 5.41 Å². The highest BCUT2D eigenvalue weighted by atomic mass is 16.3. The lowest BCUT2D eigenvalue weighted by atomic mass is 9.63. The topological polar surface area (TPSA) is 52.5 Å². The van der Waals surface area contributed by atoms with Crippen molar-refractivity contribution >= 4 is 0 Å². The van der Waals surface area contributed by atoms with Gasteiger partial charge in [-0.1, -0.05) is 11.6 Å². The lowest BCUT2D eigenvalue weighted by molar-refractivity contribution is -0.0243. The first-order valence-electron chi connectivity index (χ1n) is 7.87. The molecule has 106 valence electrons. The predicted octanol–water partition coefficient (Wildman–Crippen LogP) is 1.31. The molecule has 4 aliphatic rings. The Balaban J connectivity index is 1.77. The van der Waals surface area contributed by atoms with E-state index in [0.717, 1.165) is 32.4 Å². The maximum absolute atomic E-state index is 10.8. The smallest absolute Gasteiger partial charge is 0.0786 e. The summed E-state index contributed by atoms with van der Waals surface area (Å²) in [7, 11) is 0. The fourth-order valence-electron chi connectivity index (χ4n) is 6.08. The van der Waals surface area contributed by atoms with Crippen LogP contribution in [0.25, 0.3) is 0 Å². The molecule has 0 bridgehead atoms. The molecule has 3 nitrogen and oxygen atoms in total. The Morgan fingerprint density at radius 1 is 1.37 bits per heavy atom. The first-order chi connectivity index (χ1) is 9.13. The Labute approximate surface area is 115 Å². The van der Waals surface area contributed by atoms with E-state index in [1.807, 2.05) is 0 Å². The predicted molar refractivity (Wildman–Crippen MR) is 73.5 cm³/mol. The number of nitrogens with one attached hydrogen (secondary N) is 1. The number of fused-ring (bicyclic) bond motifs is 2. The van der Waals surface area contributed by atoms with Crippen molar-refractivity contribution in [1.29, 1.82) is 0 Å². The number of hydrogen-bond acceptors (Lipinski definition) is 3. The molecule has 0 aromatic carbocycles. The summed E-state index contributed by atoms with van der Waals surface area (Å²) in [6.07, 6.45) is 5.83. The quantitative estimate of drug-likeness (QED) is 0.578. The molecule has 3 aliphatic carbocycles. The van der Waals surface area contributed by atoms with Crippen LogP contribution in [0.3, 0.4) is 0 Å². The van der Waals surface area contributed by atoms with Crippen molar-refractivity contribution in [2.45, 2.75) is 44.8 Å². The molecule has 3 N–H and O–H groups in total. The second kappa shape index (κ2) is 4.06. The van der Waals surface area contributed by atoms with Crippen LogP contribution in [0.1, 0.15) is 32.6 Å². The molecular formula is C16H25NO2. The summed E-state index contributed by atoms with van der Waals surface area (Å²) in [5.41, 5.74) is 1.30. The van der Waals surface area contributed by atoms with Gasteiger partial charge in [-0.25, -0.2) is 0 Å². The maximum Gasteiger partial charge on any atom is 0.0786 e. The standard InChI is InChI=1S/C16H25NO2/c1-9-4-11-6-13(18)15-12-2-3-17-8-10(12)7-16(11,15)14(19)5-9/h5,10-15,17-19H,2-4,6-8H2,1H3/t10-,11+,12+,13?,14?,15+,16-/m1/s1. The van der Waals surface area contributed by atoms with Crippen LogP contribution < -0.4 is 5.32 Å². The van der Waals surface area contributed by atoms with Crippen LogP contribution in [0.5, 0.6) is 0 Å². The van der Waals surface area contributed by atoms with E-state index < -0.39 is 0 Å². The van der Waals surface area contributed by atoms with Gasteiger partial charge in [-0.15, -0.1) is 0 Å². The molecule has 0 radical (unpaired) electrons. The van der Waals surface area contributed by atoms with Crippen LogP contribution in [0.2, 0.25) is 0 Å². The molecule has 1 spiro atoms. The number of piperidine rings is 1. The summed E-state index contributed by atoms with van der Waals surface area (Å²) >= 11 is 0. The summed E-state index contributed by atoms with van der Waals surface area (Å²) in [5, 5.41) is 24.9. The third-order valence-electron chi connectivity index (χ3n) is 6.63. The van der Waals surface area contributed by atoms with Crippen molar-refractivity contribution in [2.24, 2.45) is 29.1 Å². The molecule has 1 heterocycles. The van der Waals surface area contributed by atoms with Crippen molar-refractivity contribution < 1.29 is 10.2 Å². The van der Waals surface area contributed by atoms with Crippen LogP contribution in [-0.4, -0.2) is 35.5 Å². The second-order valence-corrected chi connectivity index (χ2v) is 7.42. The summed E-state index contributed by atoms with van der Waals surface area (Å²) in [6, 6.07) is 0. The van der Waals surface area contributed by atoms with Gasteiger partial charge in [0.2, 0.25) is 0 Å².